The van der Waals surface area contributed by atoms with E-state index in [2.05, 4.69) is 49.4 Å². The van der Waals surface area contributed by atoms with E-state index in [0.717, 1.165) is 13.1 Å². The Bertz CT molecular complexity index is 302. The fraction of sp³-hybridized carbons (Fsp3) is 0.571. The highest BCUT2D eigenvalue weighted by molar-refractivity contribution is 7.98. The van der Waals surface area contributed by atoms with E-state index in [4.69, 9.17) is 5.73 Å². The minimum absolute atomic E-state index is 0.132. The third-order valence-electron chi connectivity index (χ3n) is 3.07. The molecule has 2 N–H and O–H groups in total. The summed E-state index contributed by atoms with van der Waals surface area (Å²) in [5, 5.41) is 0. The molecule has 2 atom stereocenters. The molecule has 0 saturated heterocycles. The molecule has 2 nitrogen and oxygen atoms in total. The number of hydrogen-bond acceptors (Lipinski definition) is 3. The summed E-state index contributed by atoms with van der Waals surface area (Å²) in [6.45, 7) is 4.41. The van der Waals surface area contributed by atoms with E-state index in [1.807, 2.05) is 17.8 Å². The van der Waals surface area contributed by atoms with E-state index in [-0.39, 0.29) is 6.04 Å². The number of benzene rings is 1. The molecule has 0 spiro atoms. The molecule has 1 aromatic rings. The Morgan fingerprint density at radius 3 is 2.53 bits per heavy atom. The number of thioether (sulfide) groups is 1. The van der Waals surface area contributed by atoms with Crippen molar-refractivity contribution in [3.8, 4) is 0 Å². The lowest BCUT2D eigenvalue weighted by atomic mass is 9.95. The molecule has 17 heavy (non-hydrogen) atoms. The van der Waals surface area contributed by atoms with Crippen LogP contribution in [-0.2, 0) is 0 Å². The van der Waals surface area contributed by atoms with Gasteiger partial charge in [0, 0.05) is 24.9 Å². The van der Waals surface area contributed by atoms with Gasteiger partial charge in [-0.3, -0.25) is 0 Å². The molecule has 0 aliphatic rings. The van der Waals surface area contributed by atoms with Gasteiger partial charge in [-0.2, -0.15) is 11.8 Å². The van der Waals surface area contributed by atoms with Crippen molar-refractivity contribution in [2.45, 2.75) is 13.0 Å². The van der Waals surface area contributed by atoms with E-state index in [1.165, 1.54) is 11.3 Å². The maximum atomic E-state index is 6.28. The summed E-state index contributed by atoms with van der Waals surface area (Å²) in [7, 11) is 2.17. The maximum Gasteiger partial charge on any atom is 0.0333 e. The fourth-order valence-electron chi connectivity index (χ4n) is 1.95. The highest BCUT2D eigenvalue weighted by Gasteiger charge is 2.16. The van der Waals surface area contributed by atoms with Crippen LogP contribution in [0.25, 0.3) is 0 Å². The Morgan fingerprint density at radius 1 is 1.29 bits per heavy atom. The first-order valence-corrected chi connectivity index (χ1v) is 7.52. The smallest absolute Gasteiger partial charge is 0.0333 e. The number of hydrogen-bond donors (Lipinski definition) is 1. The standard InChI is InChI=1S/C14H24N2S/c1-12(11-16(2)9-10-17-3)14(15)13-7-5-4-6-8-13/h4-8,12,14H,9-11,15H2,1-3H3. The molecule has 0 saturated carbocycles. The average Bonchev–Trinajstić information content (AvgIpc) is 2.36. The molecule has 0 aliphatic carbocycles. The molecule has 2 unspecified atom stereocenters. The predicted molar refractivity (Wildman–Crippen MR) is 78.4 cm³/mol. The van der Waals surface area contributed by atoms with Crippen molar-refractivity contribution >= 4 is 11.8 Å². The largest absolute Gasteiger partial charge is 0.324 e. The molecule has 96 valence electrons. The molecule has 0 aliphatic heterocycles. The molecule has 0 bridgehead atoms. The van der Waals surface area contributed by atoms with Gasteiger partial charge in [0.2, 0.25) is 0 Å². The Morgan fingerprint density at radius 2 is 1.94 bits per heavy atom. The van der Waals surface area contributed by atoms with Crippen molar-refractivity contribution in [1.82, 2.24) is 4.90 Å². The van der Waals surface area contributed by atoms with Gasteiger partial charge in [-0.1, -0.05) is 37.3 Å². The van der Waals surface area contributed by atoms with Crippen molar-refractivity contribution in [2.75, 3.05) is 32.1 Å². The average molecular weight is 252 g/mol. The van der Waals surface area contributed by atoms with E-state index in [9.17, 15) is 0 Å². The van der Waals surface area contributed by atoms with Crippen LogP contribution in [-0.4, -0.2) is 37.0 Å². The SMILES string of the molecule is CSCCN(C)CC(C)C(N)c1ccccc1. The van der Waals surface area contributed by atoms with Gasteiger partial charge in [-0.25, -0.2) is 0 Å². The Balaban J connectivity index is 2.44. The normalized spacial score (nSPS) is 14.9. The van der Waals surface area contributed by atoms with Gasteiger partial charge in [-0.05, 0) is 24.8 Å². The van der Waals surface area contributed by atoms with E-state index < -0.39 is 0 Å². The molecule has 1 rings (SSSR count). The Hall–Kier alpha value is -0.510. The van der Waals surface area contributed by atoms with Crippen LogP contribution in [0.15, 0.2) is 30.3 Å². The van der Waals surface area contributed by atoms with Crippen LogP contribution >= 0.6 is 11.8 Å². The number of nitrogens with zero attached hydrogens (tertiary/aromatic N) is 1. The van der Waals surface area contributed by atoms with Gasteiger partial charge in [0.15, 0.2) is 0 Å². The second-order valence-electron chi connectivity index (χ2n) is 4.67. The van der Waals surface area contributed by atoms with Crippen LogP contribution in [0.1, 0.15) is 18.5 Å². The molecule has 1 aromatic carbocycles. The van der Waals surface area contributed by atoms with Crippen LogP contribution in [0.4, 0.5) is 0 Å². The molecule has 0 aromatic heterocycles. The minimum Gasteiger partial charge on any atom is -0.324 e. The van der Waals surface area contributed by atoms with E-state index in [1.54, 1.807) is 0 Å². The van der Waals surface area contributed by atoms with Gasteiger partial charge in [0.05, 0.1) is 0 Å². The second kappa shape index (κ2) is 7.75. The minimum atomic E-state index is 0.132. The molecule has 0 amide bonds. The summed E-state index contributed by atoms with van der Waals surface area (Å²) in [6.07, 6.45) is 2.15. The van der Waals surface area contributed by atoms with Gasteiger partial charge < -0.3 is 10.6 Å². The summed E-state index contributed by atoms with van der Waals surface area (Å²) in [5.41, 5.74) is 7.52. The Labute approximate surface area is 110 Å². The first-order valence-electron chi connectivity index (χ1n) is 6.13. The maximum absolute atomic E-state index is 6.28. The number of rotatable bonds is 7. The van der Waals surface area contributed by atoms with Gasteiger partial charge in [-0.15, -0.1) is 0 Å². The van der Waals surface area contributed by atoms with Crippen LogP contribution in [0, 0.1) is 5.92 Å². The monoisotopic (exact) mass is 252 g/mol. The summed E-state index contributed by atoms with van der Waals surface area (Å²) < 4.78 is 0. The van der Waals surface area contributed by atoms with Crippen LogP contribution in [0.3, 0.4) is 0 Å². The van der Waals surface area contributed by atoms with E-state index in [0.29, 0.717) is 5.92 Å². The van der Waals surface area contributed by atoms with Crippen molar-refractivity contribution < 1.29 is 0 Å². The van der Waals surface area contributed by atoms with Crippen molar-refractivity contribution in [1.29, 1.82) is 0 Å². The van der Waals surface area contributed by atoms with Gasteiger partial charge >= 0.3 is 0 Å². The summed E-state index contributed by atoms with van der Waals surface area (Å²) in [5.74, 6) is 1.66. The lowest BCUT2D eigenvalue weighted by Gasteiger charge is -2.25. The fourth-order valence-corrected chi connectivity index (χ4v) is 2.44. The zero-order chi connectivity index (χ0) is 12.7. The number of nitrogens with two attached hydrogens (primary N) is 1. The molecular weight excluding hydrogens is 228 g/mol. The molecular formula is C14H24N2S. The first-order chi connectivity index (χ1) is 8.15. The lowest BCUT2D eigenvalue weighted by Crippen LogP contribution is -2.32. The molecule has 0 radical (unpaired) electrons. The van der Waals surface area contributed by atoms with Crippen LogP contribution in [0.5, 0.6) is 0 Å². The third kappa shape index (κ3) is 5.11. The first kappa shape index (κ1) is 14.6. The van der Waals surface area contributed by atoms with Gasteiger partial charge in [0.25, 0.3) is 0 Å². The second-order valence-corrected chi connectivity index (χ2v) is 5.65. The van der Waals surface area contributed by atoms with Crippen molar-refractivity contribution in [2.24, 2.45) is 11.7 Å². The zero-order valence-electron chi connectivity index (χ0n) is 11.1. The van der Waals surface area contributed by atoms with Crippen LogP contribution < -0.4 is 5.73 Å². The molecule has 0 fully saturated rings. The molecule has 0 heterocycles. The highest BCUT2D eigenvalue weighted by atomic mass is 32.2. The topological polar surface area (TPSA) is 29.3 Å². The van der Waals surface area contributed by atoms with Crippen molar-refractivity contribution in [3.05, 3.63) is 35.9 Å². The third-order valence-corrected chi connectivity index (χ3v) is 3.67. The van der Waals surface area contributed by atoms with Gasteiger partial charge in [0.1, 0.15) is 0 Å². The van der Waals surface area contributed by atoms with Crippen molar-refractivity contribution in [3.63, 3.8) is 0 Å². The Kier molecular flexibility index (Phi) is 6.63. The lowest BCUT2D eigenvalue weighted by molar-refractivity contribution is 0.277. The quantitative estimate of drug-likeness (QED) is 0.809. The molecule has 3 heteroatoms. The van der Waals surface area contributed by atoms with Crippen LogP contribution in [0.2, 0.25) is 0 Å². The highest BCUT2D eigenvalue weighted by Crippen LogP contribution is 2.19. The predicted octanol–water partition coefficient (Wildman–Crippen LogP) is 2.62. The van der Waals surface area contributed by atoms with E-state index >= 15 is 0 Å². The summed E-state index contributed by atoms with van der Waals surface area (Å²) >= 11 is 1.89. The summed E-state index contributed by atoms with van der Waals surface area (Å²) in [6, 6.07) is 10.5. The summed E-state index contributed by atoms with van der Waals surface area (Å²) in [4.78, 5) is 2.37. The zero-order valence-corrected chi connectivity index (χ0v) is 11.9.